The molecule has 3 nitrogen and oxygen atoms in total. The lowest BCUT2D eigenvalue weighted by Crippen LogP contribution is -2.05. The van der Waals surface area contributed by atoms with Crippen LogP contribution in [0.1, 0.15) is 27.0 Å². The van der Waals surface area contributed by atoms with Gasteiger partial charge in [-0.2, -0.15) is 0 Å². The van der Waals surface area contributed by atoms with Gasteiger partial charge in [-0.25, -0.2) is 4.39 Å². The Kier molecular flexibility index (Phi) is 4.24. The maximum absolute atomic E-state index is 13.1. The maximum atomic E-state index is 13.1. The number of carbonyl (C=O) groups is 1. The summed E-state index contributed by atoms with van der Waals surface area (Å²) in [5.41, 5.74) is 3.79. The molecule has 0 spiro atoms. The molecule has 4 rings (SSSR count). The molecule has 3 aromatic carbocycles. The highest BCUT2D eigenvalue weighted by atomic mass is 19.1. The van der Waals surface area contributed by atoms with Crippen LogP contribution in [0, 0.1) is 12.7 Å². The average molecular weight is 359 g/mol. The number of fused-ring (bicyclic) bond motifs is 1. The number of hydrogen-bond acceptors (Lipinski definition) is 2. The molecule has 0 fully saturated rings. The Morgan fingerprint density at radius 2 is 1.81 bits per heavy atom. The zero-order valence-corrected chi connectivity index (χ0v) is 14.8. The Hall–Kier alpha value is -3.40. The molecule has 1 N–H and O–H groups in total. The van der Waals surface area contributed by atoms with Gasteiger partial charge in [-0.1, -0.05) is 24.3 Å². The largest absolute Gasteiger partial charge is 0.507 e. The minimum Gasteiger partial charge on any atom is -0.507 e. The van der Waals surface area contributed by atoms with E-state index in [4.69, 9.17) is 0 Å². The zero-order chi connectivity index (χ0) is 19.0. The topological polar surface area (TPSA) is 42.2 Å². The van der Waals surface area contributed by atoms with Crippen molar-refractivity contribution in [2.75, 3.05) is 0 Å². The van der Waals surface area contributed by atoms with Gasteiger partial charge < -0.3 is 9.67 Å². The molecule has 1 aromatic heterocycles. The van der Waals surface area contributed by atoms with Crippen molar-refractivity contribution in [3.05, 3.63) is 101 Å². The number of halogens is 1. The van der Waals surface area contributed by atoms with Gasteiger partial charge in [-0.3, -0.25) is 4.79 Å². The van der Waals surface area contributed by atoms with Gasteiger partial charge in [0.05, 0.1) is 11.1 Å². The van der Waals surface area contributed by atoms with Crippen molar-refractivity contribution in [2.24, 2.45) is 0 Å². The van der Waals surface area contributed by atoms with E-state index >= 15 is 0 Å². The molecular formula is C23H18FNO2. The summed E-state index contributed by atoms with van der Waals surface area (Å²) in [6.45, 7) is 2.65. The van der Waals surface area contributed by atoms with Crippen LogP contribution in [-0.4, -0.2) is 15.5 Å². The molecule has 0 aliphatic rings. The number of nitrogens with zero attached hydrogens (tertiary/aromatic N) is 1. The molecule has 0 amide bonds. The minimum atomic E-state index is -0.403. The zero-order valence-electron chi connectivity index (χ0n) is 14.8. The molecule has 0 radical (unpaired) electrons. The van der Waals surface area contributed by atoms with Crippen molar-refractivity contribution in [2.45, 2.75) is 13.5 Å². The number of hydrogen-bond donors (Lipinski definition) is 1. The van der Waals surface area contributed by atoms with Gasteiger partial charge in [0.15, 0.2) is 5.78 Å². The van der Waals surface area contributed by atoms with Crippen molar-refractivity contribution in [3.63, 3.8) is 0 Å². The smallest absolute Gasteiger partial charge is 0.196 e. The van der Waals surface area contributed by atoms with Crippen LogP contribution in [0.3, 0.4) is 0 Å². The molecule has 0 aliphatic heterocycles. The van der Waals surface area contributed by atoms with E-state index in [9.17, 15) is 14.3 Å². The van der Waals surface area contributed by atoms with Gasteiger partial charge in [0.2, 0.25) is 0 Å². The normalized spacial score (nSPS) is 11.0. The third kappa shape index (κ3) is 3.22. The molecule has 0 saturated heterocycles. The van der Waals surface area contributed by atoms with E-state index in [1.54, 1.807) is 12.1 Å². The molecular weight excluding hydrogens is 341 g/mol. The summed E-state index contributed by atoms with van der Waals surface area (Å²) in [5.74, 6) is -0.816. The Morgan fingerprint density at radius 1 is 1.04 bits per heavy atom. The molecule has 4 aromatic rings. The van der Waals surface area contributed by atoms with E-state index in [0.29, 0.717) is 12.1 Å². The van der Waals surface area contributed by atoms with Gasteiger partial charge in [-0.05, 0) is 65.9 Å². The van der Waals surface area contributed by atoms with Crippen molar-refractivity contribution in [3.8, 4) is 5.75 Å². The second-order valence-corrected chi connectivity index (χ2v) is 6.64. The summed E-state index contributed by atoms with van der Waals surface area (Å²) in [6, 6.07) is 18.6. The first kappa shape index (κ1) is 17.0. The molecule has 134 valence electrons. The SMILES string of the molecule is Cc1cccc2ccn(Cc3ccc(O)c(C(=O)c4ccc(F)cc4)c3)c12. The van der Waals surface area contributed by atoms with E-state index in [1.165, 1.54) is 35.9 Å². The predicted octanol–water partition coefficient (Wildman–Crippen LogP) is 5.07. The minimum absolute atomic E-state index is 0.0818. The van der Waals surface area contributed by atoms with Crippen LogP contribution in [0.4, 0.5) is 4.39 Å². The molecule has 0 unspecified atom stereocenters. The second-order valence-electron chi connectivity index (χ2n) is 6.64. The van der Waals surface area contributed by atoms with E-state index in [2.05, 4.69) is 29.7 Å². The van der Waals surface area contributed by atoms with Gasteiger partial charge in [0, 0.05) is 18.3 Å². The maximum Gasteiger partial charge on any atom is 0.196 e. The fourth-order valence-corrected chi connectivity index (χ4v) is 3.40. The summed E-state index contributed by atoms with van der Waals surface area (Å²) < 4.78 is 15.2. The Labute approximate surface area is 156 Å². The van der Waals surface area contributed by atoms with E-state index in [1.807, 2.05) is 12.3 Å². The summed E-state index contributed by atoms with van der Waals surface area (Å²) >= 11 is 0. The first-order chi connectivity index (χ1) is 13.0. The van der Waals surface area contributed by atoms with Crippen LogP contribution < -0.4 is 0 Å². The van der Waals surface area contributed by atoms with Gasteiger partial charge in [0.1, 0.15) is 11.6 Å². The molecule has 1 heterocycles. The number of phenols is 1. The highest BCUT2D eigenvalue weighted by Crippen LogP contribution is 2.25. The lowest BCUT2D eigenvalue weighted by molar-refractivity contribution is 0.103. The Morgan fingerprint density at radius 3 is 2.59 bits per heavy atom. The highest BCUT2D eigenvalue weighted by molar-refractivity contribution is 6.10. The van der Waals surface area contributed by atoms with Crippen molar-refractivity contribution in [1.82, 2.24) is 4.57 Å². The fraction of sp³-hybridized carbons (Fsp3) is 0.0870. The summed E-state index contributed by atoms with van der Waals surface area (Å²) in [7, 11) is 0. The number of aromatic nitrogens is 1. The number of aryl methyl sites for hydroxylation is 1. The molecule has 4 heteroatoms. The number of ketones is 1. The second kappa shape index (κ2) is 6.72. The highest BCUT2D eigenvalue weighted by Gasteiger charge is 2.15. The third-order valence-corrected chi connectivity index (χ3v) is 4.76. The molecule has 0 aliphatic carbocycles. The first-order valence-corrected chi connectivity index (χ1v) is 8.69. The lowest BCUT2D eigenvalue weighted by atomic mass is 10.00. The van der Waals surface area contributed by atoms with E-state index in [-0.39, 0.29) is 17.1 Å². The van der Waals surface area contributed by atoms with Gasteiger partial charge in [-0.15, -0.1) is 0 Å². The van der Waals surface area contributed by atoms with Crippen LogP contribution in [0.5, 0.6) is 5.75 Å². The van der Waals surface area contributed by atoms with Crippen molar-refractivity contribution in [1.29, 1.82) is 0 Å². The predicted molar refractivity (Wildman–Crippen MR) is 104 cm³/mol. The van der Waals surface area contributed by atoms with Crippen LogP contribution in [0.25, 0.3) is 10.9 Å². The van der Waals surface area contributed by atoms with Gasteiger partial charge >= 0.3 is 0 Å². The first-order valence-electron chi connectivity index (χ1n) is 8.69. The van der Waals surface area contributed by atoms with Crippen LogP contribution >= 0.6 is 0 Å². The fourth-order valence-electron chi connectivity index (χ4n) is 3.40. The number of phenolic OH excluding ortho intramolecular Hbond substituents is 1. The third-order valence-electron chi connectivity index (χ3n) is 4.76. The number of aromatic hydroxyl groups is 1. The van der Waals surface area contributed by atoms with Crippen LogP contribution in [-0.2, 0) is 6.54 Å². The summed E-state index contributed by atoms with van der Waals surface area (Å²) in [5, 5.41) is 11.3. The Bertz CT molecular complexity index is 1140. The van der Waals surface area contributed by atoms with E-state index < -0.39 is 5.82 Å². The van der Waals surface area contributed by atoms with E-state index in [0.717, 1.165) is 16.5 Å². The monoisotopic (exact) mass is 359 g/mol. The standard InChI is InChI=1S/C23H18FNO2/c1-15-3-2-4-17-11-12-25(22(15)17)14-16-5-10-21(26)20(13-16)23(27)18-6-8-19(24)9-7-18/h2-13,26H,14H2,1H3. The molecule has 0 saturated carbocycles. The summed E-state index contributed by atoms with van der Waals surface area (Å²) in [4.78, 5) is 12.7. The van der Waals surface area contributed by atoms with Crippen molar-refractivity contribution >= 4 is 16.7 Å². The molecule has 27 heavy (non-hydrogen) atoms. The number of carbonyl (C=O) groups excluding carboxylic acids is 1. The van der Waals surface area contributed by atoms with Crippen LogP contribution in [0.15, 0.2) is 72.9 Å². The van der Waals surface area contributed by atoms with Crippen molar-refractivity contribution < 1.29 is 14.3 Å². The lowest BCUT2D eigenvalue weighted by Gasteiger charge is -2.11. The molecule has 0 bridgehead atoms. The number of benzene rings is 3. The van der Waals surface area contributed by atoms with Gasteiger partial charge in [0.25, 0.3) is 0 Å². The quantitative estimate of drug-likeness (QED) is 0.517. The number of rotatable bonds is 4. The van der Waals surface area contributed by atoms with Crippen LogP contribution in [0.2, 0.25) is 0 Å². The average Bonchev–Trinajstić information content (AvgIpc) is 3.07. The number of para-hydroxylation sites is 1. The Balaban J connectivity index is 1.70. The molecule has 0 atom stereocenters. The summed E-state index contributed by atoms with van der Waals surface area (Å²) in [6.07, 6.45) is 2.02.